The molecule has 2 aromatic rings. The molecule has 0 aromatic carbocycles. The van der Waals surface area contributed by atoms with Crippen LogP contribution in [0.5, 0.6) is 0 Å². The Labute approximate surface area is 237 Å². The number of hydrogen-bond donors (Lipinski definition) is 2. The third kappa shape index (κ3) is 18.3. The van der Waals surface area contributed by atoms with Gasteiger partial charge < -0.3 is 46.6 Å². The number of rotatable bonds is 6. The molecule has 0 aliphatic carbocycles. The zero-order valence-electron chi connectivity index (χ0n) is 15.3. The van der Waals surface area contributed by atoms with E-state index in [1.54, 1.807) is 24.5 Å². The first-order chi connectivity index (χ1) is 13.0. The standard InChI is InChI=1S/C9H8ClN3.C6H5Cl2N.C3H4N2.2Y/c1-2-13(7-11)6-8-3-4-9(10)12-5-8;7-3-5-1-2-6(8)9-4-5;1-2-5-3-4;;/h1-5,11H,6H2;1-2,4H,3H2;1-2H,(H2,4,5);;/q-2;;-2;;. The molecular formula is C18H17Cl3N6Y2-4. The van der Waals surface area contributed by atoms with E-state index >= 15 is 0 Å². The van der Waals surface area contributed by atoms with Gasteiger partial charge in [0.2, 0.25) is 0 Å². The molecule has 29 heavy (non-hydrogen) atoms. The summed E-state index contributed by atoms with van der Waals surface area (Å²) in [7, 11) is 0. The van der Waals surface area contributed by atoms with Crippen LogP contribution in [0.1, 0.15) is 11.1 Å². The number of alkyl halides is 1. The van der Waals surface area contributed by atoms with Crippen LogP contribution < -0.4 is 5.73 Å². The molecule has 2 aromatic heterocycles. The molecule has 0 spiro atoms. The second-order valence-corrected chi connectivity index (χ2v) is 5.45. The van der Waals surface area contributed by atoms with Crippen molar-refractivity contribution in [1.82, 2.24) is 14.9 Å². The summed E-state index contributed by atoms with van der Waals surface area (Å²) < 4.78 is 0. The van der Waals surface area contributed by atoms with Crippen molar-refractivity contribution < 1.29 is 65.4 Å². The van der Waals surface area contributed by atoms with Crippen LogP contribution in [0, 0.1) is 18.6 Å². The quantitative estimate of drug-likeness (QED) is 0.130. The van der Waals surface area contributed by atoms with E-state index in [0.29, 0.717) is 22.7 Å². The van der Waals surface area contributed by atoms with Gasteiger partial charge in [0, 0.05) is 90.2 Å². The van der Waals surface area contributed by atoms with Gasteiger partial charge in [0.25, 0.3) is 0 Å². The first-order valence-electron chi connectivity index (χ1n) is 7.20. The molecule has 2 heterocycles. The van der Waals surface area contributed by atoms with E-state index in [9.17, 15) is 0 Å². The molecule has 0 aliphatic rings. The van der Waals surface area contributed by atoms with Crippen LogP contribution in [0.25, 0.3) is 0 Å². The normalized spacial score (nSPS) is 8.66. The minimum atomic E-state index is 0. The number of aliphatic imine (C=N–C) groups is 1. The number of pyridine rings is 2. The second kappa shape index (κ2) is 22.5. The Hall–Kier alpha value is -0.202. The van der Waals surface area contributed by atoms with Gasteiger partial charge in [-0.1, -0.05) is 48.0 Å². The first-order valence-corrected chi connectivity index (χ1v) is 8.49. The summed E-state index contributed by atoms with van der Waals surface area (Å²) in [5, 5.41) is 7.82. The molecule has 6 nitrogen and oxygen atoms in total. The molecule has 0 unspecified atom stereocenters. The summed E-state index contributed by atoms with van der Waals surface area (Å²) in [5.74, 6) is 0.490. The molecule has 0 atom stereocenters. The monoisotopic (exact) mass is 600 g/mol. The fourth-order valence-corrected chi connectivity index (χ4v) is 1.74. The average Bonchev–Trinajstić information content (AvgIpc) is 2.70. The molecule has 0 fully saturated rings. The Kier molecular flexibility index (Phi) is 25.9. The molecule has 2 rings (SSSR count). The topological polar surface area (TPSA) is 91.2 Å². The number of hydrogen-bond acceptors (Lipinski definition) is 4. The molecule has 0 aliphatic heterocycles. The number of aromatic nitrogens is 2. The minimum Gasteiger partial charge on any atom is -0.603 e. The average molecular weight is 602 g/mol. The van der Waals surface area contributed by atoms with Crippen LogP contribution in [0.15, 0.2) is 54.1 Å². The van der Waals surface area contributed by atoms with Gasteiger partial charge in [-0.25, -0.2) is 9.97 Å². The SMILES string of the molecule is ClCc1ccc(Cl)nc1.[CH-]=CN([C-]=N)Cc1ccc(Cl)nc1.[CH-]=CN=[C-]N.[Y].[Y]. The van der Waals surface area contributed by atoms with Crippen LogP contribution in [0.3, 0.4) is 0 Å². The summed E-state index contributed by atoms with van der Waals surface area (Å²) in [5.41, 5.74) is 6.52. The van der Waals surface area contributed by atoms with Gasteiger partial charge in [-0.2, -0.15) is 0 Å². The largest absolute Gasteiger partial charge is 0.603 e. The van der Waals surface area contributed by atoms with Crippen molar-refractivity contribution >= 4 is 47.5 Å². The van der Waals surface area contributed by atoms with Crippen LogP contribution >= 0.6 is 34.8 Å². The minimum absolute atomic E-state index is 0. The number of nitrogens with one attached hydrogen (secondary N) is 1. The van der Waals surface area contributed by atoms with E-state index < -0.39 is 0 Å². The van der Waals surface area contributed by atoms with Crippen LogP contribution in [-0.2, 0) is 77.8 Å². The predicted molar refractivity (Wildman–Crippen MR) is 111 cm³/mol. The Morgan fingerprint density at radius 2 is 1.59 bits per heavy atom. The van der Waals surface area contributed by atoms with E-state index in [4.69, 9.17) is 53.4 Å². The number of halogens is 3. The van der Waals surface area contributed by atoms with Crippen molar-refractivity contribution in [2.45, 2.75) is 12.4 Å². The van der Waals surface area contributed by atoms with E-state index in [1.807, 2.05) is 18.5 Å². The van der Waals surface area contributed by atoms with Crippen molar-refractivity contribution in [2.24, 2.45) is 10.7 Å². The van der Waals surface area contributed by atoms with E-state index in [0.717, 1.165) is 17.3 Å². The third-order valence-corrected chi connectivity index (χ3v) is 3.31. The summed E-state index contributed by atoms with van der Waals surface area (Å²) in [6.07, 6.45) is 9.76. The fraction of sp³-hybridized carbons (Fsp3) is 0.111. The van der Waals surface area contributed by atoms with Crippen molar-refractivity contribution in [2.75, 3.05) is 0 Å². The summed E-state index contributed by atoms with van der Waals surface area (Å²) in [4.78, 5) is 12.3. The van der Waals surface area contributed by atoms with Crippen molar-refractivity contribution in [3.05, 3.63) is 83.7 Å². The van der Waals surface area contributed by atoms with Crippen LogP contribution in [0.2, 0.25) is 10.3 Å². The van der Waals surface area contributed by atoms with Gasteiger partial charge in [0.15, 0.2) is 0 Å². The van der Waals surface area contributed by atoms with E-state index in [-0.39, 0.29) is 65.4 Å². The van der Waals surface area contributed by atoms with Crippen LogP contribution in [-0.4, -0.2) is 27.5 Å². The molecule has 0 saturated carbocycles. The van der Waals surface area contributed by atoms with Crippen LogP contribution in [0.4, 0.5) is 0 Å². The Morgan fingerprint density at radius 3 is 1.86 bits per heavy atom. The van der Waals surface area contributed by atoms with E-state index in [2.05, 4.69) is 27.0 Å². The van der Waals surface area contributed by atoms with Crippen molar-refractivity contribution in [3.63, 3.8) is 0 Å². The Morgan fingerprint density at radius 1 is 1.07 bits per heavy atom. The molecule has 0 saturated heterocycles. The van der Waals surface area contributed by atoms with Gasteiger partial charge in [-0.3, -0.25) is 0 Å². The summed E-state index contributed by atoms with van der Waals surface area (Å²) >= 11 is 16.6. The van der Waals surface area contributed by atoms with Crippen molar-refractivity contribution in [1.29, 1.82) is 5.41 Å². The van der Waals surface area contributed by atoms with Crippen molar-refractivity contribution in [3.8, 4) is 0 Å². The van der Waals surface area contributed by atoms with E-state index in [1.165, 1.54) is 11.1 Å². The molecule has 2 radical (unpaired) electrons. The van der Waals surface area contributed by atoms with Gasteiger partial charge in [0.1, 0.15) is 10.3 Å². The van der Waals surface area contributed by atoms with Gasteiger partial charge in [-0.05, 0) is 23.3 Å². The third-order valence-electron chi connectivity index (χ3n) is 2.56. The molecule has 0 bridgehead atoms. The predicted octanol–water partition coefficient (Wildman–Crippen LogP) is 4.23. The summed E-state index contributed by atoms with van der Waals surface area (Å²) in [6.45, 7) is 10.4. The smallest absolute Gasteiger partial charge is 0.129 e. The number of nitrogens with zero attached hydrogens (tertiary/aromatic N) is 4. The molecule has 0 amide bonds. The zero-order chi connectivity index (χ0) is 20.5. The number of nitrogens with two attached hydrogens (primary N) is 1. The van der Waals surface area contributed by atoms with Gasteiger partial charge >= 0.3 is 0 Å². The zero-order valence-corrected chi connectivity index (χ0v) is 23.3. The molecule has 11 heteroatoms. The maximum absolute atomic E-state index is 6.87. The molecule has 3 N–H and O–H groups in total. The molecule has 150 valence electrons. The van der Waals surface area contributed by atoms with Gasteiger partial charge in [0.05, 0.1) is 0 Å². The van der Waals surface area contributed by atoms with Gasteiger partial charge in [-0.15, -0.1) is 11.6 Å². The second-order valence-electron chi connectivity index (χ2n) is 4.41. The maximum atomic E-state index is 6.87. The maximum Gasteiger partial charge on any atom is 0.129 e. The Balaban J connectivity index is -0.000000372. The Bertz CT molecular complexity index is 705. The summed E-state index contributed by atoms with van der Waals surface area (Å²) in [6, 6.07) is 7.08. The molecular weight excluding hydrogens is 584 g/mol. The fourth-order valence-electron chi connectivity index (χ4n) is 1.35. The first kappa shape index (κ1) is 33.4.